The largest absolute Gasteiger partial charge is 0.276 e. The van der Waals surface area contributed by atoms with E-state index in [4.69, 9.17) is 0 Å². The Kier molecular flexibility index (Phi) is 6.26. The number of rotatable bonds is 7. The molecule has 1 atom stereocenters. The van der Waals surface area contributed by atoms with Crippen LogP contribution in [0.2, 0.25) is 0 Å². The van der Waals surface area contributed by atoms with Crippen LogP contribution < -0.4 is 4.83 Å². The fourth-order valence-corrected chi connectivity index (χ4v) is 3.76. The van der Waals surface area contributed by atoms with Gasteiger partial charge in [-0.05, 0) is 42.5 Å². The molecule has 0 spiro atoms. The molecule has 0 saturated carbocycles. The van der Waals surface area contributed by atoms with Crippen molar-refractivity contribution in [1.82, 2.24) is 4.83 Å². The van der Waals surface area contributed by atoms with Crippen molar-refractivity contribution >= 4 is 15.7 Å². The minimum absolute atomic E-state index is 0.198. The van der Waals surface area contributed by atoms with Gasteiger partial charge in [0.25, 0.3) is 10.0 Å². The first-order valence-electron chi connectivity index (χ1n) is 9.21. The summed E-state index contributed by atoms with van der Waals surface area (Å²) in [6.07, 6.45) is 0.616. The van der Waals surface area contributed by atoms with Gasteiger partial charge in [-0.2, -0.15) is 18.4 Å². The lowest BCUT2D eigenvalue weighted by Crippen LogP contribution is -2.21. The first-order valence-corrected chi connectivity index (χ1v) is 10.7. The first-order chi connectivity index (χ1) is 13.5. The molecular weight excluding hydrogens is 368 g/mol. The molecule has 0 fully saturated rings. The fourth-order valence-electron chi connectivity index (χ4n) is 2.93. The number of hydrazone groups is 1. The molecular formula is C23H24N2O2S. The van der Waals surface area contributed by atoms with Crippen LogP contribution in [0.5, 0.6) is 0 Å². The smallest absolute Gasteiger partial charge is 0.200 e. The van der Waals surface area contributed by atoms with E-state index in [0.29, 0.717) is 12.1 Å². The lowest BCUT2D eigenvalue weighted by Gasteiger charge is -2.15. The van der Waals surface area contributed by atoms with E-state index in [2.05, 4.69) is 29.0 Å². The molecule has 0 radical (unpaired) electrons. The van der Waals surface area contributed by atoms with Crippen molar-refractivity contribution in [2.24, 2.45) is 5.10 Å². The summed E-state index contributed by atoms with van der Waals surface area (Å²) >= 11 is 0. The van der Waals surface area contributed by atoms with Crippen molar-refractivity contribution in [2.75, 3.05) is 0 Å². The average molecular weight is 393 g/mol. The fraction of sp³-hybridized carbons (Fsp3) is 0.174. The van der Waals surface area contributed by atoms with Crippen LogP contribution in [0.1, 0.15) is 36.0 Å². The number of benzene rings is 3. The van der Waals surface area contributed by atoms with Gasteiger partial charge in [0.1, 0.15) is 0 Å². The molecule has 0 amide bonds. The normalized spacial score (nSPS) is 13.1. The zero-order valence-corrected chi connectivity index (χ0v) is 16.9. The maximum atomic E-state index is 12.6. The predicted molar refractivity (Wildman–Crippen MR) is 114 cm³/mol. The second-order valence-electron chi connectivity index (χ2n) is 6.85. The standard InChI is InChI=1S/C23H24N2O2S/c1-18-13-15-22(16-14-18)28(26,27)25-24-23(21-11-7-4-8-12-21)17-19(2)20-9-5-3-6-10-20/h3-16,19,25H,17H2,1-2H3. The molecule has 0 aromatic heterocycles. The van der Waals surface area contributed by atoms with Crippen molar-refractivity contribution in [3.63, 3.8) is 0 Å². The molecule has 0 saturated heterocycles. The van der Waals surface area contributed by atoms with Gasteiger partial charge in [-0.1, -0.05) is 85.3 Å². The predicted octanol–water partition coefficient (Wildman–Crippen LogP) is 4.87. The van der Waals surface area contributed by atoms with Gasteiger partial charge in [0.05, 0.1) is 10.6 Å². The Balaban J connectivity index is 1.87. The first kappa shape index (κ1) is 19.8. The second kappa shape index (κ2) is 8.85. The number of nitrogens with zero attached hydrogens (tertiary/aromatic N) is 1. The van der Waals surface area contributed by atoms with Gasteiger partial charge in [-0.15, -0.1) is 0 Å². The van der Waals surface area contributed by atoms with Gasteiger partial charge in [0.2, 0.25) is 0 Å². The molecule has 5 heteroatoms. The van der Waals surface area contributed by atoms with Gasteiger partial charge in [0, 0.05) is 0 Å². The second-order valence-corrected chi connectivity index (χ2v) is 8.51. The molecule has 3 rings (SSSR count). The van der Waals surface area contributed by atoms with Crippen molar-refractivity contribution in [2.45, 2.75) is 31.1 Å². The summed E-state index contributed by atoms with van der Waals surface area (Å²) < 4.78 is 25.2. The molecule has 0 aliphatic rings. The van der Waals surface area contributed by atoms with Crippen LogP contribution >= 0.6 is 0 Å². The molecule has 0 heterocycles. The average Bonchev–Trinajstić information content (AvgIpc) is 2.72. The van der Waals surface area contributed by atoms with Crippen LogP contribution in [-0.4, -0.2) is 14.1 Å². The third-order valence-corrected chi connectivity index (χ3v) is 5.83. The number of hydrogen-bond donors (Lipinski definition) is 1. The molecule has 3 aromatic rings. The molecule has 0 bridgehead atoms. The summed E-state index contributed by atoms with van der Waals surface area (Å²) in [4.78, 5) is 2.61. The van der Waals surface area contributed by atoms with Crippen LogP contribution in [0, 0.1) is 6.92 Å². The van der Waals surface area contributed by atoms with Crippen molar-refractivity contribution in [1.29, 1.82) is 0 Å². The van der Waals surface area contributed by atoms with Gasteiger partial charge in [-0.25, -0.2) is 0 Å². The van der Waals surface area contributed by atoms with E-state index in [-0.39, 0.29) is 10.8 Å². The Bertz CT molecular complexity index is 1030. The van der Waals surface area contributed by atoms with E-state index < -0.39 is 10.0 Å². The zero-order valence-electron chi connectivity index (χ0n) is 16.0. The van der Waals surface area contributed by atoms with E-state index in [0.717, 1.165) is 11.1 Å². The Labute approximate surface area is 167 Å². The lowest BCUT2D eigenvalue weighted by atomic mass is 9.93. The van der Waals surface area contributed by atoms with E-state index in [1.54, 1.807) is 24.3 Å². The van der Waals surface area contributed by atoms with Crippen LogP contribution in [0.15, 0.2) is 94.9 Å². The SMILES string of the molecule is Cc1ccc(S(=O)(=O)NN=C(CC(C)c2ccccc2)c2ccccc2)cc1. The molecule has 3 aromatic carbocycles. The number of hydrogen-bond acceptors (Lipinski definition) is 3. The summed E-state index contributed by atoms with van der Waals surface area (Å²) in [5.74, 6) is 0.198. The summed E-state index contributed by atoms with van der Waals surface area (Å²) in [5.41, 5.74) is 3.79. The minimum Gasteiger partial charge on any atom is -0.200 e. The third kappa shape index (κ3) is 5.08. The Morgan fingerprint density at radius 3 is 2.07 bits per heavy atom. The maximum Gasteiger partial charge on any atom is 0.276 e. The van der Waals surface area contributed by atoms with Crippen LogP contribution in [-0.2, 0) is 10.0 Å². The highest BCUT2D eigenvalue weighted by atomic mass is 32.2. The monoisotopic (exact) mass is 392 g/mol. The summed E-state index contributed by atoms with van der Waals surface area (Å²) in [6.45, 7) is 4.03. The van der Waals surface area contributed by atoms with Gasteiger partial charge in [0.15, 0.2) is 0 Å². The third-order valence-electron chi connectivity index (χ3n) is 4.61. The van der Waals surface area contributed by atoms with E-state index in [1.807, 2.05) is 55.5 Å². The van der Waals surface area contributed by atoms with Crippen molar-refractivity contribution in [3.8, 4) is 0 Å². The topological polar surface area (TPSA) is 58.5 Å². The molecule has 144 valence electrons. The van der Waals surface area contributed by atoms with E-state index in [1.165, 1.54) is 5.56 Å². The van der Waals surface area contributed by atoms with E-state index >= 15 is 0 Å². The highest BCUT2D eigenvalue weighted by molar-refractivity contribution is 7.89. The Hall–Kier alpha value is -2.92. The van der Waals surface area contributed by atoms with E-state index in [9.17, 15) is 8.42 Å². The Morgan fingerprint density at radius 1 is 0.893 bits per heavy atom. The van der Waals surface area contributed by atoms with Crippen LogP contribution in [0.4, 0.5) is 0 Å². The Morgan fingerprint density at radius 2 is 1.46 bits per heavy atom. The van der Waals surface area contributed by atoms with Gasteiger partial charge < -0.3 is 0 Å². The number of nitrogens with one attached hydrogen (secondary N) is 1. The minimum atomic E-state index is -3.72. The maximum absolute atomic E-state index is 12.6. The summed E-state index contributed by atoms with van der Waals surface area (Å²) in [5, 5.41) is 4.31. The number of aryl methyl sites for hydroxylation is 1. The zero-order chi connectivity index (χ0) is 20.0. The summed E-state index contributed by atoms with van der Waals surface area (Å²) in [7, 11) is -3.72. The summed E-state index contributed by atoms with van der Waals surface area (Å²) in [6, 6.07) is 26.5. The molecule has 1 N–H and O–H groups in total. The van der Waals surface area contributed by atoms with Gasteiger partial charge >= 0.3 is 0 Å². The van der Waals surface area contributed by atoms with Crippen molar-refractivity contribution < 1.29 is 8.42 Å². The highest BCUT2D eigenvalue weighted by Gasteiger charge is 2.16. The van der Waals surface area contributed by atoms with Gasteiger partial charge in [-0.3, -0.25) is 0 Å². The molecule has 0 aliphatic heterocycles. The number of sulfonamides is 1. The van der Waals surface area contributed by atoms with Crippen LogP contribution in [0.3, 0.4) is 0 Å². The van der Waals surface area contributed by atoms with Crippen LogP contribution in [0.25, 0.3) is 0 Å². The van der Waals surface area contributed by atoms with Crippen molar-refractivity contribution in [3.05, 3.63) is 102 Å². The quantitative estimate of drug-likeness (QED) is 0.461. The molecule has 1 unspecified atom stereocenters. The lowest BCUT2D eigenvalue weighted by molar-refractivity contribution is 0.584. The molecule has 0 aliphatic carbocycles. The highest BCUT2D eigenvalue weighted by Crippen LogP contribution is 2.21. The molecule has 28 heavy (non-hydrogen) atoms. The molecule has 4 nitrogen and oxygen atoms in total.